The molecule has 6 heterocycles. The fraction of sp³-hybridized carbons (Fsp3) is 0.379. The topological polar surface area (TPSA) is 193 Å². The highest BCUT2D eigenvalue weighted by atomic mass is 32.1. The van der Waals surface area contributed by atoms with Gasteiger partial charge in [0, 0.05) is 34.6 Å². The van der Waals surface area contributed by atoms with Crippen molar-refractivity contribution in [3.8, 4) is 0 Å². The van der Waals surface area contributed by atoms with E-state index >= 15 is 0 Å². The van der Waals surface area contributed by atoms with Gasteiger partial charge in [-0.1, -0.05) is 18.2 Å². The van der Waals surface area contributed by atoms with Crippen LogP contribution in [0.15, 0.2) is 82.5 Å². The van der Waals surface area contributed by atoms with Gasteiger partial charge in [0.1, 0.15) is 12.3 Å². The average Bonchev–Trinajstić information content (AvgIpc) is 3.86. The molecular weight excluding hydrogens is 655 g/mol. The first-order valence-electron chi connectivity index (χ1n) is 15.1. The second-order valence-electron chi connectivity index (χ2n) is 10.8. The zero-order valence-corrected chi connectivity index (χ0v) is 28.6. The molecule has 248 valence electrons. The van der Waals surface area contributed by atoms with E-state index < -0.39 is 6.17 Å². The molecule has 3 aliphatic rings. The lowest BCUT2D eigenvalue weighted by molar-refractivity contribution is 0.349. The van der Waals surface area contributed by atoms with Crippen molar-refractivity contribution >= 4 is 69.8 Å². The minimum absolute atomic E-state index is 0.140. The lowest BCUT2D eigenvalue weighted by Gasteiger charge is -2.34. The zero-order valence-electron chi connectivity index (χ0n) is 26.1. The maximum absolute atomic E-state index is 6.40. The van der Waals surface area contributed by atoms with Gasteiger partial charge >= 0.3 is 0 Å². The molecule has 0 fully saturated rings. The molecule has 0 aromatic carbocycles. The van der Waals surface area contributed by atoms with E-state index in [-0.39, 0.29) is 12.3 Å². The van der Waals surface area contributed by atoms with Gasteiger partial charge in [-0.2, -0.15) is 0 Å². The van der Waals surface area contributed by atoms with Gasteiger partial charge in [0.2, 0.25) is 11.9 Å². The molecule has 0 amide bonds. The van der Waals surface area contributed by atoms with E-state index in [1.54, 1.807) is 41.1 Å². The molecular formula is C29H39N15S3. The third kappa shape index (κ3) is 8.99. The standard InChI is InChI=1S/C29H39N15S3/c1-18-34-26(32-2)42-28(35-18)44(16-21-8-5-13-47-21)17-23-37-25(31)41-29(39-23)43(15-20-7-4-12-46-20)10-9-22-36-24(30)40-27(38-22)33-14-19-6-3-11-45-19/h3-8,11-13,18,22-23H,9-10,14-17H2,1-2H3,(H3,31,37,39,41)(H2,32,34,35,42)(H4,30,33,36,38,40). The van der Waals surface area contributed by atoms with Crippen molar-refractivity contribution in [2.45, 2.75) is 51.5 Å². The fourth-order valence-electron chi connectivity index (χ4n) is 5.09. The summed E-state index contributed by atoms with van der Waals surface area (Å²) in [5.41, 5.74) is 12.6. The van der Waals surface area contributed by atoms with E-state index in [9.17, 15) is 0 Å². The molecule has 3 aliphatic heterocycles. The third-order valence-electron chi connectivity index (χ3n) is 7.24. The second-order valence-corrected chi connectivity index (χ2v) is 13.9. The average molecular weight is 694 g/mol. The first-order chi connectivity index (χ1) is 22.9. The summed E-state index contributed by atoms with van der Waals surface area (Å²) in [6.07, 6.45) is -0.241. The Morgan fingerprint density at radius 2 is 1.43 bits per heavy atom. The first-order valence-corrected chi connectivity index (χ1v) is 17.8. The summed E-state index contributed by atoms with van der Waals surface area (Å²) in [6, 6.07) is 12.4. The number of aliphatic imine (C=N–C) groups is 6. The highest BCUT2D eigenvalue weighted by Crippen LogP contribution is 2.18. The Bertz CT molecular complexity index is 1640. The van der Waals surface area contributed by atoms with Crippen molar-refractivity contribution in [2.24, 2.45) is 41.4 Å². The van der Waals surface area contributed by atoms with E-state index in [0.717, 1.165) is 0 Å². The molecule has 0 saturated heterocycles. The minimum Gasteiger partial charge on any atom is -0.370 e. The van der Waals surface area contributed by atoms with Crippen LogP contribution in [0.25, 0.3) is 0 Å². The van der Waals surface area contributed by atoms with Gasteiger partial charge < -0.3 is 31.9 Å². The molecule has 15 nitrogen and oxygen atoms in total. The molecule has 0 bridgehead atoms. The van der Waals surface area contributed by atoms with Gasteiger partial charge in [0.25, 0.3) is 0 Å². The van der Waals surface area contributed by atoms with Gasteiger partial charge in [0.15, 0.2) is 30.0 Å². The van der Waals surface area contributed by atoms with Gasteiger partial charge in [-0.25, -0.2) is 25.0 Å². The molecule has 3 aromatic rings. The predicted octanol–water partition coefficient (Wildman–Crippen LogP) is 1.44. The molecule has 0 aliphatic carbocycles. The summed E-state index contributed by atoms with van der Waals surface area (Å²) >= 11 is 5.05. The van der Waals surface area contributed by atoms with Crippen LogP contribution in [-0.4, -0.2) is 84.2 Å². The number of hydrogen-bond donors (Lipinski definition) is 7. The van der Waals surface area contributed by atoms with Crippen LogP contribution >= 0.6 is 34.0 Å². The Kier molecular flexibility index (Phi) is 10.5. The molecule has 9 N–H and O–H groups in total. The monoisotopic (exact) mass is 693 g/mol. The molecule has 0 radical (unpaired) electrons. The van der Waals surface area contributed by atoms with Crippen molar-refractivity contribution in [2.75, 3.05) is 20.1 Å². The number of rotatable bonds is 11. The largest absolute Gasteiger partial charge is 0.370 e. The molecule has 0 saturated carbocycles. The normalized spacial score (nSPS) is 22.5. The number of nitrogens with one attached hydrogen (secondary N) is 5. The Labute approximate surface area is 285 Å². The molecule has 3 atom stereocenters. The number of thiophene rings is 3. The third-order valence-corrected chi connectivity index (χ3v) is 9.82. The summed E-state index contributed by atoms with van der Waals surface area (Å²) in [5, 5.41) is 22.4. The highest BCUT2D eigenvalue weighted by Gasteiger charge is 2.27. The highest BCUT2D eigenvalue weighted by molar-refractivity contribution is 7.10. The molecule has 3 unspecified atom stereocenters. The van der Waals surface area contributed by atoms with Crippen LogP contribution in [0.1, 0.15) is 28.0 Å². The fourth-order valence-corrected chi connectivity index (χ4v) is 7.16. The Morgan fingerprint density at radius 1 is 0.766 bits per heavy atom. The van der Waals surface area contributed by atoms with E-state index in [2.05, 4.69) is 85.3 Å². The van der Waals surface area contributed by atoms with Crippen molar-refractivity contribution < 1.29 is 0 Å². The summed E-state index contributed by atoms with van der Waals surface area (Å²) in [7, 11) is 1.74. The zero-order chi connectivity index (χ0) is 32.6. The quantitative estimate of drug-likeness (QED) is 0.156. The van der Waals surface area contributed by atoms with E-state index in [1.165, 1.54) is 14.6 Å². The van der Waals surface area contributed by atoms with Crippen LogP contribution in [0.3, 0.4) is 0 Å². The lowest BCUT2D eigenvalue weighted by atomic mass is 10.3. The number of hydrogen-bond acceptors (Lipinski definition) is 14. The van der Waals surface area contributed by atoms with Crippen LogP contribution in [0, 0.1) is 0 Å². The van der Waals surface area contributed by atoms with Crippen molar-refractivity contribution in [3.05, 3.63) is 67.2 Å². The van der Waals surface area contributed by atoms with Crippen molar-refractivity contribution in [1.82, 2.24) is 36.4 Å². The summed E-state index contributed by atoms with van der Waals surface area (Å²) in [6.45, 7) is 4.89. The summed E-state index contributed by atoms with van der Waals surface area (Å²) < 4.78 is 0. The van der Waals surface area contributed by atoms with Gasteiger partial charge in [0.05, 0.1) is 26.2 Å². The van der Waals surface area contributed by atoms with Crippen molar-refractivity contribution in [3.63, 3.8) is 0 Å². The first kappa shape index (κ1) is 32.3. The molecule has 47 heavy (non-hydrogen) atoms. The van der Waals surface area contributed by atoms with Gasteiger partial charge in [-0.3, -0.25) is 20.9 Å². The lowest BCUT2D eigenvalue weighted by Crippen LogP contribution is -2.57. The molecule has 6 rings (SSSR count). The predicted molar refractivity (Wildman–Crippen MR) is 194 cm³/mol. The maximum Gasteiger partial charge on any atom is 0.203 e. The minimum atomic E-state index is -0.476. The van der Waals surface area contributed by atoms with E-state index in [4.69, 9.17) is 21.5 Å². The van der Waals surface area contributed by atoms with Crippen LogP contribution in [0.5, 0.6) is 0 Å². The van der Waals surface area contributed by atoms with Crippen LogP contribution < -0.4 is 38.1 Å². The molecule has 3 aromatic heterocycles. The number of nitrogens with two attached hydrogens (primary N) is 2. The maximum atomic E-state index is 6.40. The second kappa shape index (κ2) is 15.3. The molecule has 0 spiro atoms. The van der Waals surface area contributed by atoms with E-state index in [1.807, 2.05) is 30.5 Å². The SMILES string of the molecule is CN=C1NC(N(Cc2cccs2)CC2N=C(N)NC(N(CCC3N=C(N)NC(=NCc4cccs4)N3)Cc3cccs3)=N2)=NC(C)N1. The smallest absolute Gasteiger partial charge is 0.203 e. The van der Waals surface area contributed by atoms with E-state index in [0.29, 0.717) is 74.9 Å². The van der Waals surface area contributed by atoms with Gasteiger partial charge in [-0.05, 0) is 41.3 Å². The van der Waals surface area contributed by atoms with Crippen LogP contribution in [0.4, 0.5) is 0 Å². The number of guanidine groups is 6. The van der Waals surface area contributed by atoms with Crippen LogP contribution in [0.2, 0.25) is 0 Å². The summed E-state index contributed by atoms with van der Waals surface area (Å²) in [5.74, 6) is 3.26. The summed E-state index contributed by atoms with van der Waals surface area (Å²) in [4.78, 5) is 36.0. The van der Waals surface area contributed by atoms with Crippen LogP contribution in [-0.2, 0) is 19.6 Å². The Hall–Kier alpha value is -4.68. The number of nitrogens with zero attached hydrogens (tertiary/aromatic N) is 8. The van der Waals surface area contributed by atoms with Crippen molar-refractivity contribution in [1.29, 1.82) is 0 Å². The Balaban J connectivity index is 1.19. The Morgan fingerprint density at radius 3 is 2.11 bits per heavy atom. The molecule has 18 heteroatoms. The van der Waals surface area contributed by atoms with Gasteiger partial charge in [-0.15, -0.1) is 34.0 Å².